The summed E-state index contributed by atoms with van der Waals surface area (Å²) in [6.45, 7) is 3.86. The number of nitrogens with zero attached hydrogens (tertiary/aromatic N) is 2. The lowest BCUT2D eigenvalue weighted by Crippen LogP contribution is -2.49. The first-order valence-corrected chi connectivity index (χ1v) is 12.6. The maximum atomic E-state index is 11.6. The first-order chi connectivity index (χ1) is 17.8. The molecule has 208 valence electrons. The predicted molar refractivity (Wildman–Crippen MR) is 137 cm³/mol. The van der Waals surface area contributed by atoms with E-state index in [9.17, 15) is 28.2 Å². The highest BCUT2D eigenvalue weighted by molar-refractivity contribution is 6.31. The summed E-state index contributed by atoms with van der Waals surface area (Å²) in [5, 5.41) is 32.0. The topological polar surface area (TPSA) is 113 Å². The SMILES string of the molecule is O=C(O)C(F)(F)F.O=C(O)c1cc(Cl)ccc1N1CC(NC2CCN(Cc3ccc(Cl)cc3)CC2)[C@H](O)C1. The van der Waals surface area contributed by atoms with Gasteiger partial charge in [0, 0.05) is 35.7 Å². The van der Waals surface area contributed by atoms with Crippen molar-refractivity contribution in [1.29, 1.82) is 0 Å². The van der Waals surface area contributed by atoms with Crippen molar-refractivity contribution in [3.63, 3.8) is 0 Å². The van der Waals surface area contributed by atoms with E-state index in [0.717, 1.165) is 37.5 Å². The molecule has 2 aromatic rings. The van der Waals surface area contributed by atoms with Crippen LogP contribution in [0.1, 0.15) is 28.8 Å². The molecule has 2 atom stereocenters. The molecule has 0 aliphatic carbocycles. The first-order valence-electron chi connectivity index (χ1n) is 11.8. The number of carboxylic acids is 2. The third-order valence-corrected chi connectivity index (χ3v) is 6.91. The number of aromatic carboxylic acids is 1. The molecule has 2 aromatic carbocycles. The molecule has 0 saturated carbocycles. The second-order valence-corrected chi connectivity index (χ2v) is 10.1. The Morgan fingerprint density at radius 2 is 1.55 bits per heavy atom. The monoisotopic (exact) mass is 577 g/mol. The number of anilines is 1. The van der Waals surface area contributed by atoms with Gasteiger partial charge < -0.3 is 25.5 Å². The lowest BCUT2D eigenvalue weighted by Gasteiger charge is -2.34. The van der Waals surface area contributed by atoms with Crippen LogP contribution >= 0.6 is 23.2 Å². The summed E-state index contributed by atoms with van der Waals surface area (Å²) in [7, 11) is 0. The van der Waals surface area contributed by atoms with E-state index < -0.39 is 24.2 Å². The molecule has 0 radical (unpaired) electrons. The van der Waals surface area contributed by atoms with E-state index in [1.807, 2.05) is 17.0 Å². The van der Waals surface area contributed by atoms with Crippen molar-refractivity contribution in [1.82, 2.24) is 10.2 Å². The predicted octanol–water partition coefficient (Wildman–Crippen LogP) is 4.13. The van der Waals surface area contributed by atoms with E-state index in [-0.39, 0.29) is 11.6 Å². The molecule has 8 nitrogen and oxygen atoms in total. The molecule has 2 saturated heterocycles. The number of rotatable bonds is 6. The zero-order chi connectivity index (χ0) is 28.0. The fraction of sp³-hybridized carbons (Fsp3) is 0.440. The number of halogens is 5. The first kappa shape index (κ1) is 30.0. The maximum absolute atomic E-state index is 11.6. The fourth-order valence-corrected chi connectivity index (χ4v) is 4.81. The Balaban J connectivity index is 0.000000505. The van der Waals surface area contributed by atoms with Gasteiger partial charge in [-0.25, -0.2) is 9.59 Å². The van der Waals surface area contributed by atoms with E-state index in [1.54, 1.807) is 12.1 Å². The molecule has 38 heavy (non-hydrogen) atoms. The average molecular weight is 578 g/mol. The summed E-state index contributed by atoms with van der Waals surface area (Å²) < 4.78 is 31.7. The van der Waals surface area contributed by atoms with Crippen LogP contribution < -0.4 is 10.2 Å². The van der Waals surface area contributed by atoms with Crippen LogP contribution in [0.25, 0.3) is 0 Å². The second-order valence-electron chi connectivity index (χ2n) is 9.19. The molecule has 1 unspecified atom stereocenters. The number of piperidine rings is 1. The Bertz CT molecular complexity index is 1110. The molecular weight excluding hydrogens is 550 g/mol. The van der Waals surface area contributed by atoms with Crippen LogP contribution in [0.2, 0.25) is 10.0 Å². The minimum absolute atomic E-state index is 0.0925. The van der Waals surface area contributed by atoms with Gasteiger partial charge in [0.1, 0.15) is 0 Å². The number of nitrogens with one attached hydrogen (secondary N) is 1. The minimum atomic E-state index is -5.08. The Labute approximate surface area is 227 Å². The molecule has 0 bridgehead atoms. The largest absolute Gasteiger partial charge is 0.490 e. The molecule has 4 rings (SSSR count). The van der Waals surface area contributed by atoms with Crippen LogP contribution in [0.15, 0.2) is 42.5 Å². The van der Waals surface area contributed by atoms with Crippen LogP contribution in [-0.2, 0) is 11.3 Å². The van der Waals surface area contributed by atoms with Gasteiger partial charge in [0.15, 0.2) is 0 Å². The van der Waals surface area contributed by atoms with Gasteiger partial charge in [0.05, 0.1) is 23.4 Å². The normalized spacial score (nSPS) is 20.6. The zero-order valence-electron chi connectivity index (χ0n) is 20.2. The van der Waals surface area contributed by atoms with Gasteiger partial charge in [-0.15, -0.1) is 0 Å². The van der Waals surface area contributed by atoms with Crippen molar-refractivity contribution < 1.29 is 38.1 Å². The maximum Gasteiger partial charge on any atom is 0.490 e. The molecule has 0 amide bonds. The Kier molecular flexibility index (Phi) is 10.2. The van der Waals surface area contributed by atoms with Gasteiger partial charge in [0.25, 0.3) is 0 Å². The minimum Gasteiger partial charge on any atom is -0.478 e. The van der Waals surface area contributed by atoms with E-state index in [4.69, 9.17) is 33.1 Å². The molecule has 2 aliphatic rings. The summed E-state index contributed by atoms with van der Waals surface area (Å²) in [5.74, 6) is -3.77. The van der Waals surface area contributed by atoms with Crippen LogP contribution in [0, 0.1) is 0 Å². The molecular formula is C25H28Cl2F3N3O5. The number of benzene rings is 2. The highest BCUT2D eigenvalue weighted by atomic mass is 35.5. The highest BCUT2D eigenvalue weighted by Gasteiger charge is 2.38. The standard InChI is InChI=1S/C23H27Cl2N3O3.C2HF3O2/c24-16-3-1-15(2-4-16)12-27-9-7-18(8-10-27)26-20-13-28(14-22(20)29)21-6-5-17(25)11-19(21)23(30)31;3-2(4,5)1(6)7/h1-6,11,18,20,22,26,29H,7-10,12-14H2,(H,30,31);(H,6,7)/t20?,22-;/m1./s1. The van der Waals surface area contributed by atoms with Gasteiger partial charge in [0.2, 0.25) is 0 Å². The molecule has 2 aliphatic heterocycles. The molecule has 4 N–H and O–H groups in total. The van der Waals surface area contributed by atoms with Crippen molar-refractivity contribution in [3.8, 4) is 0 Å². The van der Waals surface area contributed by atoms with E-state index in [0.29, 0.717) is 29.8 Å². The fourth-order valence-electron chi connectivity index (χ4n) is 4.51. The Morgan fingerprint density at radius 1 is 0.974 bits per heavy atom. The van der Waals surface area contributed by atoms with E-state index in [1.165, 1.54) is 11.6 Å². The quantitative estimate of drug-likeness (QED) is 0.405. The molecule has 13 heteroatoms. The number of hydrogen-bond donors (Lipinski definition) is 4. The number of hydrogen-bond acceptors (Lipinski definition) is 6. The summed E-state index contributed by atoms with van der Waals surface area (Å²) in [4.78, 5) is 24.9. The number of carboxylic acid groups (broad SMARTS) is 2. The van der Waals surface area contributed by atoms with Crippen molar-refractivity contribution >= 4 is 40.8 Å². The zero-order valence-corrected chi connectivity index (χ0v) is 21.7. The van der Waals surface area contributed by atoms with E-state index in [2.05, 4.69) is 22.3 Å². The van der Waals surface area contributed by atoms with Gasteiger partial charge in [-0.3, -0.25) is 4.90 Å². The third-order valence-electron chi connectivity index (χ3n) is 6.42. The van der Waals surface area contributed by atoms with Gasteiger partial charge >= 0.3 is 18.1 Å². The van der Waals surface area contributed by atoms with Crippen molar-refractivity contribution in [3.05, 3.63) is 63.6 Å². The smallest absolute Gasteiger partial charge is 0.478 e. The number of likely N-dealkylation sites (tertiary alicyclic amines) is 1. The van der Waals surface area contributed by atoms with E-state index >= 15 is 0 Å². The molecule has 0 aromatic heterocycles. The Hall–Kier alpha value is -2.57. The molecule has 2 heterocycles. The summed E-state index contributed by atoms with van der Waals surface area (Å²) >= 11 is 11.9. The van der Waals surface area contributed by atoms with Gasteiger partial charge in [-0.1, -0.05) is 35.3 Å². The van der Waals surface area contributed by atoms with Gasteiger partial charge in [-0.2, -0.15) is 13.2 Å². The van der Waals surface area contributed by atoms with Crippen LogP contribution in [0.4, 0.5) is 18.9 Å². The Morgan fingerprint density at radius 3 is 2.11 bits per heavy atom. The van der Waals surface area contributed by atoms with Crippen molar-refractivity contribution in [2.24, 2.45) is 0 Å². The van der Waals surface area contributed by atoms with Crippen LogP contribution in [0.3, 0.4) is 0 Å². The summed E-state index contributed by atoms with van der Waals surface area (Å²) in [6.07, 6.45) is -3.61. The number of aliphatic carboxylic acids is 1. The number of carbonyl (C=O) groups is 2. The second kappa shape index (κ2) is 13.0. The lowest BCUT2D eigenvalue weighted by molar-refractivity contribution is -0.192. The average Bonchev–Trinajstić information content (AvgIpc) is 3.21. The third kappa shape index (κ3) is 8.47. The van der Waals surface area contributed by atoms with Crippen LogP contribution in [0.5, 0.6) is 0 Å². The number of β-amino-alcohol motifs (C(OH)–C–C–N with tert-alkyl or cyclic N) is 1. The highest BCUT2D eigenvalue weighted by Crippen LogP contribution is 2.28. The number of aliphatic hydroxyl groups is 1. The molecule has 0 spiro atoms. The summed E-state index contributed by atoms with van der Waals surface area (Å²) in [5.41, 5.74) is 2.02. The molecule has 2 fully saturated rings. The van der Waals surface area contributed by atoms with Crippen LogP contribution in [-0.4, -0.2) is 82.7 Å². The van der Waals surface area contributed by atoms with Crippen molar-refractivity contribution in [2.75, 3.05) is 31.1 Å². The number of alkyl halides is 3. The van der Waals surface area contributed by atoms with Gasteiger partial charge in [-0.05, 0) is 61.8 Å². The number of aliphatic hydroxyl groups excluding tert-OH is 1. The lowest BCUT2D eigenvalue weighted by atomic mass is 10.0. The summed E-state index contributed by atoms with van der Waals surface area (Å²) in [6, 6.07) is 13.1. The van der Waals surface area contributed by atoms with Crippen molar-refractivity contribution in [2.45, 2.75) is 43.8 Å².